The summed E-state index contributed by atoms with van der Waals surface area (Å²) in [6.07, 6.45) is 1.06. The summed E-state index contributed by atoms with van der Waals surface area (Å²) < 4.78 is 6.76. The Kier molecular flexibility index (Phi) is 7.13. The van der Waals surface area contributed by atoms with Crippen LogP contribution in [0.1, 0.15) is 42.1 Å². The van der Waals surface area contributed by atoms with Crippen molar-refractivity contribution in [1.82, 2.24) is 10.2 Å². The van der Waals surface area contributed by atoms with E-state index in [0.29, 0.717) is 0 Å². The molecule has 144 valence electrons. The van der Waals surface area contributed by atoms with Gasteiger partial charge in [0.25, 0.3) is 0 Å². The first-order valence-electron chi connectivity index (χ1n) is 9.44. The van der Waals surface area contributed by atoms with Gasteiger partial charge in [-0.15, -0.1) is 0 Å². The van der Waals surface area contributed by atoms with Gasteiger partial charge in [-0.3, -0.25) is 9.69 Å². The molecule has 1 N–H and O–H groups in total. The van der Waals surface area contributed by atoms with Gasteiger partial charge >= 0.3 is 0 Å². The van der Waals surface area contributed by atoms with Gasteiger partial charge in [-0.05, 0) is 47.7 Å². The molecule has 1 aliphatic heterocycles. The fraction of sp³-hybridized carbons (Fsp3) is 0.409. The summed E-state index contributed by atoms with van der Waals surface area (Å²) in [5, 5.41) is 2.93. The van der Waals surface area contributed by atoms with Crippen LogP contribution in [0, 0.1) is 0 Å². The van der Waals surface area contributed by atoms with Gasteiger partial charge < -0.3 is 10.1 Å². The van der Waals surface area contributed by atoms with E-state index < -0.39 is 0 Å². The predicted octanol–water partition coefficient (Wildman–Crippen LogP) is 4.26. The first kappa shape index (κ1) is 20.1. The maximum atomic E-state index is 11.2. The van der Waals surface area contributed by atoms with Gasteiger partial charge in [-0.1, -0.05) is 52.9 Å². The summed E-state index contributed by atoms with van der Waals surface area (Å²) in [6, 6.07) is 15.1. The highest BCUT2D eigenvalue weighted by molar-refractivity contribution is 14.1. The molecule has 2 aromatic rings. The van der Waals surface area contributed by atoms with Crippen molar-refractivity contribution in [3.05, 3.63) is 64.7 Å². The molecule has 5 heteroatoms. The van der Waals surface area contributed by atoms with Gasteiger partial charge in [0, 0.05) is 31.0 Å². The molecular formula is C22H27IN2O2. The van der Waals surface area contributed by atoms with Crippen molar-refractivity contribution in [2.45, 2.75) is 39.4 Å². The van der Waals surface area contributed by atoms with E-state index in [1.807, 2.05) is 6.92 Å². The number of rotatable bonds is 7. The molecule has 0 saturated carbocycles. The summed E-state index contributed by atoms with van der Waals surface area (Å²) in [7, 11) is 0. The summed E-state index contributed by atoms with van der Waals surface area (Å²) in [5.74, 6) is 0.990. The zero-order chi connectivity index (χ0) is 19.2. The second-order valence-corrected chi connectivity index (χ2v) is 8.17. The number of alkyl halides is 1. The van der Waals surface area contributed by atoms with E-state index in [-0.39, 0.29) is 11.9 Å². The molecule has 1 amide bonds. The molecule has 0 aromatic heterocycles. The summed E-state index contributed by atoms with van der Waals surface area (Å²) >= 11 is 2.33. The average molecular weight is 478 g/mol. The van der Waals surface area contributed by atoms with E-state index in [0.717, 1.165) is 48.4 Å². The number of carbonyl (C=O) groups excluding carboxylic acids is 1. The standard InChI is InChI=1S/C22H27IN2O2/c1-16(24-17(2)26)19-5-3-18(4-6-19)14-25-11-9-20-13-22(27-12-10-23)8-7-21(20)15-25/h3-8,13,16H,9-12,14-15H2,1-2H3,(H,24,26). The number of hydrogen-bond acceptors (Lipinski definition) is 3. The number of fused-ring (bicyclic) bond motifs is 1. The lowest BCUT2D eigenvalue weighted by Gasteiger charge is -2.29. The van der Waals surface area contributed by atoms with Gasteiger partial charge in [0.15, 0.2) is 0 Å². The van der Waals surface area contributed by atoms with Crippen LogP contribution in [0.15, 0.2) is 42.5 Å². The van der Waals surface area contributed by atoms with Crippen LogP contribution in [-0.4, -0.2) is 28.4 Å². The normalized spacial score (nSPS) is 15.1. The summed E-state index contributed by atoms with van der Waals surface area (Å²) in [4.78, 5) is 13.7. The Bertz CT molecular complexity index is 776. The van der Waals surface area contributed by atoms with Gasteiger partial charge in [0.2, 0.25) is 5.91 Å². The van der Waals surface area contributed by atoms with Crippen LogP contribution in [0.2, 0.25) is 0 Å². The van der Waals surface area contributed by atoms with E-state index >= 15 is 0 Å². The third-order valence-corrected chi connectivity index (χ3v) is 5.36. The molecule has 0 bridgehead atoms. The SMILES string of the molecule is CC(=O)NC(C)c1ccc(CN2CCc3cc(OCCI)ccc3C2)cc1. The molecule has 0 aliphatic carbocycles. The number of carbonyl (C=O) groups is 1. The van der Waals surface area contributed by atoms with E-state index in [2.05, 4.69) is 75.3 Å². The fourth-order valence-corrected chi connectivity index (χ4v) is 3.75. The highest BCUT2D eigenvalue weighted by Gasteiger charge is 2.17. The van der Waals surface area contributed by atoms with Crippen LogP contribution in [-0.2, 0) is 24.3 Å². The van der Waals surface area contributed by atoms with Gasteiger partial charge in [0.05, 0.1) is 12.6 Å². The molecule has 3 rings (SSSR count). The Hall–Kier alpha value is -1.60. The third-order valence-electron chi connectivity index (χ3n) is 4.92. The van der Waals surface area contributed by atoms with Crippen LogP contribution in [0.25, 0.3) is 0 Å². The average Bonchev–Trinajstić information content (AvgIpc) is 2.66. The van der Waals surface area contributed by atoms with Crippen molar-refractivity contribution in [2.24, 2.45) is 0 Å². The summed E-state index contributed by atoms with van der Waals surface area (Å²) in [6.45, 7) is 7.32. The van der Waals surface area contributed by atoms with Crippen molar-refractivity contribution in [1.29, 1.82) is 0 Å². The van der Waals surface area contributed by atoms with Crippen molar-refractivity contribution >= 4 is 28.5 Å². The lowest BCUT2D eigenvalue weighted by molar-refractivity contribution is -0.119. The smallest absolute Gasteiger partial charge is 0.217 e. The molecular weight excluding hydrogens is 451 g/mol. The molecule has 2 aromatic carbocycles. The highest BCUT2D eigenvalue weighted by atomic mass is 127. The largest absolute Gasteiger partial charge is 0.493 e. The van der Waals surface area contributed by atoms with Crippen LogP contribution in [0.5, 0.6) is 5.75 Å². The maximum Gasteiger partial charge on any atom is 0.217 e. The predicted molar refractivity (Wildman–Crippen MR) is 117 cm³/mol. The number of hydrogen-bond donors (Lipinski definition) is 1. The molecule has 1 atom stereocenters. The Balaban J connectivity index is 1.59. The van der Waals surface area contributed by atoms with E-state index in [4.69, 9.17) is 4.74 Å². The fourth-order valence-electron chi connectivity index (χ4n) is 3.53. The Morgan fingerprint density at radius 3 is 2.70 bits per heavy atom. The summed E-state index contributed by atoms with van der Waals surface area (Å²) in [5.41, 5.74) is 5.26. The number of ether oxygens (including phenoxy) is 1. The van der Waals surface area contributed by atoms with Crippen molar-refractivity contribution < 1.29 is 9.53 Å². The second kappa shape index (κ2) is 9.55. The number of halogens is 1. The third kappa shape index (κ3) is 5.69. The Morgan fingerprint density at radius 1 is 1.22 bits per heavy atom. The van der Waals surface area contributed by atoms with Crippen molar-refractivity contribution in [3.63, 3.8) is 0 Å². The van der Waals surface area contributed by atoms with Crippen LogP contribution in [0.3, 0.4) is 0 Å². The molecule has 0 fully saturated rings. The minimum atomic E-state index is 0.00131. The first-order valence-corrected chi connectivity index (χ1v) is 11.0. The molecule has 1 unspecified atom stereocenters. The minimum Gasteiger partial charge on any atom is -0.493 e. The van der Waals surface area contributed by atoms with Crippen molar-refractivity contribution in [2.75, 3.05) is 17.6 Å². The second-order valence-electron chi connectivity index (χ2n) is 7.09. The Morgan fingerprint density at radius 2 is 2.00 bits per heavy atom. The molecule has 4 nitrogen and oxygen atoms in total. The van der Waals surface area contributed by atoms with Gasteiger partial charge in [-0.25, -0.2) is 0 Å². The van der Waals surface area contributed by atoms with Gasteiger partial charge in [-0.2, -0.15) is 0 Å². The Labute approximate surface area is 175 Å². The van der Waals surface area contributed by atoms with Crippen LogP contribution in [0.4, 0.5) is 0 Å². The number of amides is 1. The highest BCUT2D eigenvalue weighted by Crippen LogP contribution is 2.25. The lowest BCUT2D eigenvalue weighted by Crippen LogP contribution is -2.30. The van der Waals surface area contributed by atoms with E-state index in [1.54, 1.807) is 6.92 Å². The van der Waals surface area contributed by atoms with Crippen molar-refractivity contribution in [3.8, 4) is 5.75 Å². The van der Waals surface area contributed by atoms with E-state index in [1.165, 1.54) is 16.7 Å². The molecule has 1 heterocycles. The monoisotopic (exact) mass is 478 g/mol. The minimum absolute atomic E-state index is 0.00131. The number of nitrogens with zero attached hydrogens (tertiary/aromatic N) is 1. The number of benzene rings is 2. The van der Waals surface area contributed by atoms with Gasteiger partial charge in [0.1, 0.15) is 5.75 Å². The van der Waals surface area contributed by atoms with Crippen LogP contribution < -0.4 is 10.1 Å². The maximum absolute atomic E-state index is 11.2. The zero-order valence-corrected chi connectivity index (χ0v) is 18.2. The molecule has 0 spiro atoms. The zero-order valence-electron chi connectivity index (χ0n) is 16.0. The van der Waals surface area contributed by atoms with Crippen LogP contribution >= 0.6 is 22.6 Å². The molecule has 1 aliphatic rings. The molecule has 0 saturated heterocycles. The quantitative estimate of drug-likeness (QED) is 0.478. The van der Waals surface area contributed by atoms with E-state index in [9.17, 15) is 4.79 Å². The number of nitrogens with one attached hydrogen (secondary N) is 1. The molecule has 0 radical (unpaired) electrons. The molecule has 27 heavy (non-hydrogen) atoms. The topological polar surface area (TPSA) is 41.6 Å². The lowest BCUT2D eigenvalue weighted by atomic mass is 9.98. The first-order chi connectivity index (χ1) is 13.0.